The number of anilines is 2. The highest BCUT2D eigenvalue weighted by Gasteiger charge is 2.32. The van der Waals surface area contributed by atoms with E-state index in [1.807, 2.05) is 55.2 Å². The van der Waals surface area contributed by atoms with Crippen molar-refractivity contribution >= 4 is 51.9 Å². The number of carbonyl (C=O) groups is 1. The van der Waals surface area contributed by atoms with Gasteiger partial charge in [0, 0.05) is 23.8 Å². The molecule has 172 valence electrons. The van der Waals surface area contributed by atoms with Crippen molar-refractivity contribution in [2.45, 2.75) is 27.3 Å². The third kappa shape index (κ3) is 3.40. The Labute approximate surface area is 201 Å². The quantitative estimate of drug-likeness (QED) is 0.583. The molecule has 0 spiro atoms. The first-order valence-electron chi connectivity index (χ1n) is 11.1. The lowest BCUT2D eigenvalue weighted by atomic mass is 10.1. The van der Waals surface area contributed by atoms with Gasteiger partial charge in [-0.05, 0) is 62.7 Å². The van der Waals surface area contributed by atoms with Crippen molar-refractivity contribution in [2.24, 2.45) is 5.10 Å². The van der Waals surface area contributed by atoms with Crippen molar-refractivity contribution < 1.29 is 9.21 Å². The van der Waals surface area contributed by atoms with Gasteiger partial charge in [-0.15, -0.1) is 0 Å². The number of oxazole rings is 1. The standard InChI is InChI=1S/C26H23ClN4O3/c1-4-29-20-9-7-6-8-17(20)10-15-21(29)23-25(33)30(5-2)26(34-23)22-16(3)28-31(24(22)32)19-13-11-18(27)12-14-19/h6-15H,4-5H2,1-3H3/b23-21+,26-22-. The fourth-order valence-corrected chi connectivity index (χ4v) is 4.48. The van der Waals surface area contributed by atoms with Gasteiger partial charge in [0.1, 0.15) is 5.57 Å². The zero-order valence-electron chi connectivity index (χ0n) is 19.1. The first kappa shape index (κ1) is 22.0. The molecule has 2 aliphatic heterocycles. The largest absolute Gasteiger partial charge is 0.432 e. The number of para-hydroxylation sites is 1. The van der Waals surface area contributed by atoms with Gasteiger partial charge < -0.3 is 9.32 Å². The topological polar surface area (TPSA) is 71.1 Å². The molecule has 1 aromatic heterocycles. The summed E-state index contributed by atoms with van der Waals surface area (Å²) >= 11 is 5.99. The maximum absolute atomic E-state index is 13.4. The highest BCUT2D eigenvalue weighted by atomic mass is 35.5. The number of nitrogens with zero attached hydrogens (tertiary/aromatic N) is 4. The van der Waals surface area contributed by atoms with Gasteiger partial charge >= 0.3 is 0 Å². The van der Waals surface area contributed by atoms with Crippen LogP contribution in [0.25, 0.3) is 17.3 Å². The predicted molar refractivity (Wildman–Crippen MR) is 135 cm³/mol. The molecular weight excluding hydrogens is 452 g/mol. The Morgan fingerprint density at radius 2 is 1.71 bits per heavy atom. The second-order valence-electron chi connectivity index (χ2n) is 7.96. The van der Waals surface area contributed by atoms with Gasteiger partial charge in [0.2, 0.25) is 11.0 Å². The number of carbonyl (C=O) groups excluding carboxylic acids is 1. The van der Waals surface area contributed by atoms with E-state index < -0.39 is 0 Å². The molecule has 0 saturated heterocycles. The first-order valence-corrected chi connectivity index (χ1v) is 11.5. The fourth-order valence-electron chi connectivity index (χ4n) is 4.36. The molecule has 5 rings (SSSR count). The molecule has 0 saturated carbocycles. The van der Waals surface area contributed by atoms with Crippen LogP contribution >= 0.6 is 11.6 Å². The third-order valence-electron chi connectivity index (χ3n) is 5.99. The lowest BCUT2D eigenvalue weighted by Gasteiger charge is -2.28. The minimum atomic E-state index is -0.357. The number of hydrazone groups is 1. The van der Waals surface area contributed by atoms with E-state index in [0.29, 0.717) is 35.2 Å². The van der Waals surface area contributed by atoms with E-state index in [1.165, 1.54) is 9.58 Å². The highest BCUT2D eigenvalue weighted by Crippen LogP contribution is 2.30. The lowest BCUT2D eigenvalue weighted by molar-refractivity contribution is -0.113. The number of hydrogen-bond acceptors (Lipinski definition) is 5. The Balaban J connectivity index is 1.73. The van der Waals surface area contributed by atoms with Crippen molar-refractivity contribution in [1.29, 1.82) is 0 Å². The average molecular weight is 475 g/mol. The van der Waals surface area contributed by atoms with Gasteiger partial charge in [-0.1, -0.05) is 35.9 Å². The zero-order chi connectivity index (χ0) is 24.0. The second-order valence-corrected chi connectivity index (χ2v) is 8.40. The number of halogens is 1. The molecule has 34 heavy (non-hydrogen) atoms. The molecule has 2 aromatic carbocycles. The molecule has 3 aromatic rings. The molecule has 2 aliphatic rings. The molecule has 0 aliphatic carbocycles. The fraction of sp³-hybridized carbons (Fsp3) is 0.192. The number of aromatic nitrogens is 1. The van der Waals surface area contributed by atoms with Gasteiger partial charge in [-0.3, -0.25) is 14.2 Å². The van der Waals surface area contributed by atoms with E-state index in [-0.39, 0.29) is 28.0 Å². The van der Waals surface area contributed by atoms with E-state index in [9.17, 15) is 9.59 Å². The summed E-state index contributed by atoms with van der Waals surface area (Å²) < 4.78 is 7.67. The summed E-state index contributed by atoms with van der Waals surface area (Å²) in [6, 6.07) is 14.8. The normalized spacial score (nSPS) is 18.5. The molecule has 8 heteroatoms. The summed E-state index contributed by atoms with van der Waals surface area (Å²) in [5.74, 6) is -0.357. The second kappa shape index (κ2) is 8.50. The molecule has 7 nitrogen and oxygen atoms in total. The summed E-state index contributed by atoms with van der Waals surface area (Å²) in [5, 5.41) is 6.30. The smallest absolute Gasteiger partial charge is 0.298 e. The molecular formula is C26H23ClN4O3. The van der Waals surface area contributed by atoms with Crippen molar-refractivity contribution in [1.82, 2.24) is 4.57 Å². The zero-order valence-corrected chi connectivity index (χ0v) is 19.8. The highest BCUT2D eigenvalue weighted by molar-refractivity contribution is 6.48. The predicted octanol–water partition coefficient (Wildman–Crippen LogP) is 3.35. The van der Waals surface area contributed by atoms with Gasteiger partial charge in [-0.2, -0.15) is 10.1 Å². The summed E-state index contributed by atoms with van der Waals surface area (Å²) in [7, 11) is 0. The van der Waals surface area contributed by atoms with Crippen LogP contribution in [0.3, 0.4) is 0 Å². The first-order chi connectivity index (χ1) is 16.4. The van der Waals surface area contributed by atoms with Crippen molar-refractivity contribution in [3.05, 3.63) is 86.5 Å². The van der Waals surface area contributed by atoms with E-state index in [2.05, 4.69) is 5.10 Å². The Morgan fingerprint density at radius 3 is 2.41 bits per heavy atom. The van der Waals surface area contributed by atoms with E-state index in [4.69, 9.17) is 16.0 Å². The number of benzene rings is 2. The summed E-state index contributed by atoms with van der Waals surface area (Å²) in [6.07, 6.45) is 3.86. The molecule has 0 radical (unpaired) electrons. The summed E-state index contributed by atoms with van der Waals surface area (Å²) in [4.78, 5) is 28.9. The van der Waals surface area contributed by atoms with Crippen LogP contribution in [0.5, 0.6) is 0 Å². The average Bonchev–Trinajstić information content (AvgIpc) is 3.33. The van der Waals surface area contributed by atoms with E-state index in [1.54, 1.807) is 31.2 Å². The van der Waals surface area contributed by atoms with Gasteiger partial charge in [0.05, 0.1) is 17.1 Å². The van der Waals surface area contributed by atoms with Crippen molar-refractivity contribution in [3.63, 3.8) is 0 Å². The SMILES string of the molecule is CCN1/C(=c2/o/c(=C3\C(=O)N(c4ccc(Cl)cc4)N=C3C)n(CC)c2=O)C=Cc2ccccc21. The molecule has 0 bridgehead atoms. The Bertz CT molecular complexity index is 1540. The van der Waals surface area contributed by atoms with Crippen LogP contribution in [-0.4, -0.2) is 22.7 Å². The van der Waals surface area contributed by atoms with Crippen LogP contribution < -0.4 is 26.4 Å². The van der Waals surface area contributed by atoms with Crippen LogP contribution in [0.15, 0.2) is 68.9 Å². The summed E-state index contributed by atoms with van der Waals surface area (Å²) in [6.45, 7) is 6.61. The number of fused-ring (bicyclic) bond motifs is 1. The number of likely N-dealkylation sites (N-methyl/N-ethyl adjacent to an activating group) is 1. The third-order valence-corrected chi connectivity index (χ3v) is 6.24. The molecule has 3 heterocycles. The maximum atomic E-state index is 13.4. The van der Waals surface area contributed by atoms with E-state index >= 15 is 0 Å². The maximum Gasteiger partial charge on any atom is 0.298 e. The monoisotopic (exact) mass is 474 g/mol. The molecule has 0 N–H and O–H groups in total. The molecule has 0 unspecified atom stereocenters. The van der Waals surface area contributed by atoms with Crippen molar-refractivity contribution in [2.75, 3.05) is 16.5 Å². The minimum Gasteiger partial charge on any atom is -0.432 e. The van der Waals surface area contributed by atoms with Crippen LogP contribution in [0.2, 0.25) is 5.02 Å². The molecule has 0 atom stereocenters. The van der Waals surface area contributed by atoms with E-state index in [0.717, 1.165) is 11.3 Å². The van der Waals surface area contributed by atoms with Gasteiger partial charge in [0.25, 0.3) is 11.5 Å². The minimum absolute atomic E-state index is 0.197. The van der Waals surface area contributed by atoms with Gasteiger partial charge in [-0.25, -0.2) is 0 Å². The van der Waals surface area contributed by atoms with Crippen LogP contribution in [0.1, 0.15) is 26.3 Å². The summed E-state index contributed by atoms with van der Waals surface area (Å²) in [5.41, 5.74) is 4.18. The van der Waals surface area contributed by atoms with Gasteiger partial charge in [0.15, 0.2) is 0 Å². The number of rotatable bonds is 3. The van der Waals surface area contributed by atoms with Crippen LogP contribution in [0.4, 0.5) is 11.4 Å². The number of hydrogen-bond donors (Lipinski definition) is 0. The van der Waals surface area contributed by atoms with Crippen LogP contribution in [-0.2, 0) is 11.3 Å². The Kier molecular flexibility index (Phi) is 5.49. The van der Waals surface area contributed by atoms with Crippen LogP contribution in [0, 0.1) is 0 Å². The Morgan fingerprint density at radius 1 is 0.971 bits per heavy atom. The number of amides is 1. The van der Waals surface area contributed by atoms with Crippen molar-refractivity contribution in [3.8, 4) is 0 Å². The molecule has 1 amide bonds. The Hall–Kier alpha value is -3.84. The lowest BCUT2D eigenvalue weighted by Crippen LogP contribution is -2.37. The molecule has 0 fully saturated rings.